The molecule has 0 saturated heterocycles. The smallest absolute Gasteiger partial charge is 0.305 e. The SMILES string of the molecule is O=C(O)CCOC[P+](c1ccccc1)(c1ccccc1)c1ccccc1.[Br-]. The maximum atomic E-state index is 10.9. The first-order valence-corrected chi connectivity index (χ1v) is 10.6. The van der Waals surface area contributed by atoms with Crippen LogP contribution in [0.3, 0.4) is 0 Å². The summed E-state index contributed by atoms with van der Waals surface area (Å²) in [7, 11) is -2.03. The number of rotatable bonds is 8. The molecule has 3 rings (SSSR count). The second-order valence-corrected chi connectivity index (χ2v) is 9.42. The summed E-state index contributed by atoms with van der Waals surface area (Å²) in [5, 5.41) is 12.6. The van der Waals surface area contributed by atoms with Gasteiger partial charge in [0.05, 0.1) is 13.0 Å². The lowest BCUT2D eigenvalue weighted by atomic mass is 10.4. The molecule has 0 aliphatic carbocycles. The van der Waals surface area contributed by atoms with E-state index in [1.54, 1.807) is 0 Å². The van der Waals surface area contributed by atoms with Crippen LogP contribution in [0.4, 0.5) is 0 Å². The molecule has 3 aromatic rings. The fraction of sp³-hybridized carbons (Fsp3) is 0.136. The number of ether oxygens (including phenoxy) is 1. The molecule has 0 unspecified atom stereocenters. The zero-order valence-corrected chi connectivity index (χ0v) is 17.4. The van der Waals surface area contributed by atoms with Crippen molar-refractivity contribution in [3.63, 3.8) is 0 Å². The van der Waals surface area contributed by atoms with E-state index in [4.69, 9.17) is 9.84 Å². The van der Waals surface area contributed by atoms with Crippen LogP contribution < -0.4 is 32.9 Å². The first kappa shape index (κ1) is 21.3. The van der Waals surface area contributed by atoms with Crippen LogP contribution >= 0.6 is 7.26 Å². The Morgan fingerprint density at radius 2 is 1.11 bits per heavy atom. The molecular formula is C22H22BrO3P. The van der Waals surface area contributed by atoms with Crippen LogP contribution in [0.2, 0.25) is 0 Å². The van der Waals surface area contributed by atoms with E-state index >= 15 is 0 Å². The van der Waals surface area contributed by atoms with Gasteiger partial charge in [-0.05, 0) is 36.4 Å². The van der Waals surface area contributed by atoms with Gasteiger partial charge < -0.3 is 26.8 Å². The van der Waals surface area contributed by atoms with Gasteiger partial charge in [-0.25, -0.2) is 0 Å². The maximum Gasteiger partial charge on any atom is 0.305 e. The van der Waals surface area contributed by atoms with Gasteiger partial charge in [0, 0.05) is 0 Å². The van der Waals surface area contributed by atoms with Gasteiger partial charge in [-0.1, -0.05) is 54.6 Å². The number of carboxylic acids is 1. The molecule has 0 atom stereocenters. The molecule has 0 fully saturated rings. The molecule has 0 aromatic heterocycles. The Morgan fingerprint density at radius 3 is 1.44 bits per heavy atom. The highest BCUT2D eigenvalue weighted by Gasteiger charge is 2.45. The van der Waals surface area contributed by atoms with Crippen LogP contribution in [0.5, 0.6) is 0 Å². The monoisotopic (exact) mass is 444 g/mol. The van der Waals surface area contributed by atoms with Crippen LogP contribution in [0.15, 0.2) is 91.0 Å². The first-order valence-electron chi connectivity index (χ1n) is 8.58. The largest absolute Gasteiger partial charge is 1.00 e. The molecule has 5 heteroatoms. The molecule has 140 valence electrons. The first-order chi connectivity index (χ1) is 12.7. The number of carboxylic acid groups (broad SMARTS) is 1. The maximum absolute atomic E-state index is 10.9. The Hall–Kier alpha value is -2.00. The molecule has 0 amide bonds. The van der Waals surface area contributed by atoms with Crippen LogP contribution in [0.25, 0.3) is 0 Å². The summed E-state index contributed by atoms with van der Waals surface area (Å²) in [6, 6.07) is 31.2. The second-order valence-electron chi connectivity index (χ2n) is 6.00. The zero-order valence-electron chi connectivity index (χ0n) is 14.9. The third-order valence-electron chi connectivity index (χ3n) is 4.34. The number of carbonyl (C=O) groups is 1. The molecule has 0 aliphatic rings. The van der Waals surface area contributed by atoms with Crippen LogP contribution in [-0.2, 0) is 9.53 Å². The highest BCUT2D eigenvalue weighted by Crippen LogP contribution is 2.55. The molecule has 1 N–H and O–H groups in total. The predicted octanol–water partition coefficient (Wildman–Crippen LogP) is 0.433. The molecule has 27 heavy (non-hydrogen) atoms. The lowest BCUT2D eigenvalue weighted by molar-refractivity contribution is -0.138. The van der Waals surface area contributed by atoms with E-state index in [0.717, 1.165) is 0 Å². The van der Waals surface area contributed by atoms with Gasteiger partial charge in [0.2, 0.25) is 0 Å². The van der Waals surface area contributed by atoms with Gasteiger partial charge in [-0.15, -0.1) is 0 Å². The number of aliphatic carboxylic acids is 1. The average Bonchev–Trinajstić information content (AvgIpc) is 2.70. The minimum Gasteiger partial charge on any atom is -1.00 e. The van der Waals surface area contributed by atoms with Crippen molar-refractivity contribution < 1.29 is 31.6 Å². The molecule has 0 saturated carbocycles. The van der Waals surface area contributed by atoms with Crippen molar-refractivity contribution in [2.24, 2.45) is 0 Å². The van der Waals surface area contributed by atoms with Crippen molar-refractivity contribution in [1.82, 2.24) is 0 Å². The van der Waals surface area contributed by atoms with Crippen molar-refractivity contribution in [3.05, 3.63) is 91.0 Å². The molecular weight excluding hydrogens is 423 g/mol. The van der Waals surface area contributed by atoms with E-state index in [1.807, 2.05) is 54.6 Å². The Balaban J connectivity index is 0.00000261. The quantitative estimate of drug-likeness (QED) is 0.405. The number of hydrogen-bond acceptors (Lipinski definition) is 2. The van der Waals surface area contributed by atoms with Crippen molar-refractivity contribution in [3.8, 4) is 0 Å². The van der Waals surface area contributed by atoms with Gasteiger partial charge in [-0.2, -0.15) is 0 Å². The van der Waals surface area contributed by atoms with Crippen LogP contribution in [0.1, 0.15) is 6.42 Å². The van der Waals surface area contributed by atoms with Crippen molar-refractivity contribution in [2.75, 3.05) is 13.0 Å². The van der Waals surface area contributed by atoms with Crippen molar-refractivity contribution >= 4 is 29.1 Å². The normalized spacial score (nSPS) is 10.8. The lowest BCUT2D eigenvalue weighted by Gasteiger charge is -2.27. The summed E-state index contributed by atoms with van der Waals surface area (Å²) >= 11 is 0. The minimum atomic E-state index is -2.03. The Labute approximate surface area is 171 Å². The summed E-state index contributed by atoms with van der Waals surface area (Å²) < 4.78 is 5.94. The summed E-state index contributed by atoms with van der Waals surface area (Å²) in [5.74, 6) is -0.840. The number of hydrogen-bond donors (Lipinski definition) is 1. The average molecular weight is 445 g/mol. The molecule has 0 heterocycles. The van der Waals surface area contributed by atoms with Crippen molar-refractivity contribution in [1.29, 1.82) is 0 Å². The van der Waals surface area contributed by atoms with E-state index in [9.17, 15) is 4.79 Å². The van der Waals surface area contributed by atoms with Gasteiger partial charge in [0.25, 0.3) is 0 Å². The highest BCUT2D eigenvalue weighted by atomic mass is 79.9. The number of halogens is 1. The third kappa shape index (κ3) is 5.04. The topological polar surface area (TPSA) is 46.5 Å². The molecule has 3 aromatic carbocycles. The van der Waals surface area contributed by atoms with Gasteiger partial charge in [0.1, 0.15) is 23.2 Å². The number of benzene rings is 3. The van der Waals surface area contributed by atoms with Gasteiger partial charge >= 0.3 is 5.97 Å². The Kier molecular flexibility index (Phi) is 8.18. The molecule has 0 radical (unpaired) electrons. The third-order valence-corrected chi connectivity index (χ3v) is 8.45. The summed E-state index contributed by atoms with van der Waals surface area (Å²) in [5.41, 5.74) is 0. The fourth-order valence-corrected chi connectivity index (χ4v) is 6.87. The summed E-state index contributed by atoms with van der Waals surface area (Å²) in [6.45, 7) is 0.212. The van der Waals surface area contributed by atoms with E-state index in [-0.39, 0.29) is 30.0 Å². The lowest BCUT2D eigenvalue weighted by Crippen LogP contribution is -3.00. The standard InChI is InChI=1S/C22H21O3P.BrH/c23-22(24)16-17-25-18-26(19-10-4-1-5-11-19,20-12-6-2-7-13-20)21-14-8-3-9-15-21;/h1-15H,16-18H2;1H. The highest BCUT2D eigenvalue weighted by molar-refractivity contribution is 7.95. The fourth-order valence-electron chi connectivity index (χ4n) is 3.08. The summed E-state index contributed by atoms with van der Waals surface area (Å²) in [4.78, 5) is 10.9. The summed E-state index contributed by atoms with van der Waals surface area (Å²) in [6.07, 6.45) is 0.497. The van der Waals surface area contributed by atoms with Gasteiger partial charge in [-0.3, -0.25) is 4.79 Å². The van der Waals surface area contributed by atoms with Crippen LogP contribution in [-0.4, -0.2) is 24.0 Å². The zero-order chi connectivity index (χ0) is 18.2. The predicted molar refractivity (Wildman–Crippen MR) is 108 cm³/mol. The second kappa shape index (κ2) is 10.4. The van der Waals surface area contributed by atoms with E-state index < -0.39 is 13.2 Å². The van der Waals surface area contributed by atoms with Crippen LogP contribution in [0, 0.1) is 0 Å². The Morgan fingerprint density at radius 1 is 0.741 bits per heavy atom. The van der Waals surface area contributed by atoms with E-state index in [1.165, 1.54) is 15.9 Å². The minimum absolute atomic E-state index is 0. The molecule has 0 spiro atoms. The molecule has 3 nitrogen and oxygen atoms in total. The van der Waals surface area contributed by atoms with Gasteiger partial charge in [0.15, 0.2) is 6.35 Å². The van der Waals surface area contributed by atoms with Crippen molar-refractivity contribution in [2.45, 2.75) is 6.42 Å². The molecule has 0 aliphatic heterocycles. The molecule has 0 bridgehead atoms. The van der Waals surface area contributed by atoms with E-state index in [2.05, 4.69) is 36.4 Å². The Bertz CT molecular complexity index is 729. The van der Waals surface area contributed by atoms with E-state index in [0.29, 0.717) is 6.35 Å².